The Morgan fingerprint density at radius 2 is 1.61 bits per heavy atom. The summed E-state index contributed by atoms with van der Waals surface area (Å²) < 4.78 is 9.03. The number of hydrogen-bond donors (Lipinski definition) is 0. The van der Waals surface area contributed by atoms with Crippen molar-refractivity contribution in [3.8, 4) is 11.4 Å². The summed E-state index contributed by atoms with van der Waals surface area (Å²) in [5.74, 6) is 0.635. The van der Waals surface area contributed by atoms with Gasteiger partial charge < -0.3 is 4.74 Å². The summed E-state index contributed by atoms with van der Waals surface area (Å²) >= 11 is 0. The average Bonchev–Trinajstić information content (AvgIpc) is 2.80. The Morgan fingerprint density at radius 1 is 0.871 bits per heavy atom. The Labute approximate surface area is 175 Å². The molecule has 2 aromatic carbocycles. The van der Waals surface area contributed by atoms with Crippen molar-refractivity contribution in [2.24, 2.45) is 14.1 Å². The lowest BCUT2D eigenvalue weighted by atomic mass is 10.1. The van der Waals surface area contributed by atoms with Crippen LogP contribution in [0.2, 0.25) is 0 Å². The van der Waals surface area contributed by atoms with Crippen LogP contribution in [0.4, 0.5) is 0 Å². The molecule has 3 heterocycles. The van der Waals surface area contributed by atoms with Crippen molar-refractivity contribution in [3.05, 3.63) is 85.8 Å². The normalized spacial score (nSPS) is 11.5. The second kappa shape index (κ2) is 6.66. The number of fused-ring (bicyclic) bond motifs is 4. The van der Waals surface area contributed by atoms with E-state index in [4.69, 9.17) is 4.74 Å². The number of benzene rings is 2. The predicted molar refractivity (Wildman–Crippen MR) is 119 cm³/mol. The first kappa shape index (κ1) is 18.8. The zero-order valence-corrected chi connectivity index (χ0v) is 17.1. The average molecular weight is 414 g/mol. The summed E-state index contributed by atoms with van der Waals surface area (Å²) in [4.78, 5) is 44.2. The van der Waals surface area contributed by atoms with E-state index in [1.807, 2.05) is 6.07 Å². The lowest BCUT2D eigenvalue weighted by Crippen LogP contribution is -2.39. The van der Waals surface area contributed by atoms with E-state index >= 15 is 0 Å². The van der Waals surface area contributed by atoms with Gasteiger partial charge in [0.2, 0.25) is 0 Å². The Hall–Kier alpha value is -4.20. The summed E-state index contributed by atoms with van der Waals surface area (Å²) in [6.45, 7) is 0. The molecule has 154 valence electrons. The van der Waals surface area contributed by atoms with Crippen molar-refractivity contribution in [1.29, 1.82) is 0 Å². The van der Waals surface area contributed by atoms with E-state index in [9.17, 15) is 14.4 Å². The standard InChI is InChI=1S/C23H18N4O4/c1-25-20-18(22(29)26(2)23(25)30)19-16(21(28)27(20)14-7-5-4-6-8-14)12-13-11-15(31-3)9-10-17(13)24-19/h4-12H,1-3H3. The van der Waals surface area contributed by atoms with Crippen molar-refractivity contribution in [3.63, 3.8) is 0 Å². The van der Waals surface area contributed by atoms with Crippen molar-refractivity contribution in [1.82, 2.24) is 18.7 Å². The van der Waals surface area contributed by atoms with Crippen LogP contribution in [-0.4, -0.2) is 25.8 Å². The second-order valence-electron chi connectivity index (χ2n) is 7.32. The molecule has 8 nitrogen and oxygen atoms in total. The highest BCUT2D eigenvalue weighted by molar-refractivity contribution is 6.06. The van der Waals surface area contributed by atoms with E-state index in [0.717, 1.165) is 4.57 Å². The summed E-state index contributed by atoms with van der Waals surface area (Å²) in [6, 6.07) is 16.0. The minimum absolute atomic E-state index is 0.206. The fourth-order valence-corrected chi connectivity index (χ4v) is 3.97. The summed E-state index contributed by atoms with van der Waals surface area (Å²) in [6.07, 6.45) is 0. The molecule has 0 aliphatic rings. The molecule has 3 aromatic heterocycles. The molecule has 0 bridgehead atoms. The van der Waals surface area contributed by atoms with Crippen LogP contribution in [0.1, 0.15) is 0 Å². The van der Waals surface area contributed by atoms with Gasteiger partial charge in [0.15, 0.2) is 0 Å². The molecule has 8 heteroatoms. The maximum absolute atomic E-state index is 13.7. The van der Waals surface area contributed by atoms with Crippen molar-refractivity contribution in [2.45, 2.75) is 0 Å². The highest BCUT2D eigenvalue weighted by Crippen LogP contribution is 2.26. The van der Waals surface area contributed by atoms with Gasteiger partial charge in [0.1, 0.15) is 16.8 Å². The van der Waals surface area contributed by atoms with Crippen LogP contribution in [0.5, 0.6) is 5.75 Å². The minimum Gasteiger partial charge on any atom is -0.497 e. The highest BCUT2D eigenvalue weighted by Gasteiger charge is 2.21. The monoisotopic (exact) mass is 414 g/mol. The molecule has 0 saturated carbocycles. The van der Waals surface area contributed by atoms with E-state index in [-0.39, 0.29) is 27.5 Å². The van der Waals surface area contributed by atoms with Gasteiger partial charge in [-0.1, -0.05) is 18.2 Å². The lowest BCUT2D eigenvalue weighted by Gasteiger charge is -2.16. The largest absolute Gasteiger partial charge is 0.497 e. The van der Waals surface area contributed by atoms with E-state index < -0.39 is 11.2 Å². The van der Waals surface area contributed by atoms with Gasteiger partial charge in [-0.2, -0.15) is 0 Å². The topological polar surface area (TPSA) is 88.1 Å². The molecule has 0 amide bonds. The van der Waals surface area contributed by atoms with Crippen LogP contribution in [0.3, 0.4) is 0 Å². The molecule has 31 heavy (non-hydrogen) atoms. The first-order valence-electron chi connectivity index (χ1n) is 9.61. The van der Waals surface area contributed by atoms with E-state index in [0.29, 0.717) is 22.3 Å². The van der Waals surface area contributed by atoms with Crippen LogP contribution in [0, 0.1) is 0 Å². The molecule has 0 unspecified atom stereocenters. The van der Waals surface area contributed by atoms with Crippen LogP contribution in [0.25, 0.3) is 38.5 Å². The summed E-state index contributed by atoms with van der Waals surface area (Å²) in [5, 5.41) is 1.21. The SMILES string of the molecule is COc1ccc2nc3c(cc2c1)c(=O)n(-c1ccccc1)c1c3c(=O)n(C)c(=O)n1C. The third kappa shape index (κ3) is 2.61. The van der Waals surface area contributed by atoms with Crippen LogP contribution in [-0.2, 0) is 14.1 Å². The Balaban J connectivity index is 2.13. The number of hydrogen-bond acceptors (Lipinski definition) is 5. The van der Waals surface area contributed by atoms with Gasteiger partial charge in [0.25, 0.3) is 11.1 Å². The fraction of sp³-hybridized carbons (Fsp3) is 0.130. The molecule has 5 rings (SSSR count). The third-order valence-corrected chi connectivity index (χ3v) is 5.55. The van der Waals surface area contributed by atoms with Crippen molar-refractivity contribution in [2.75, 3.05) is 7.11 Å². The van der Waals surface area contributed by atoms with Crippen LogP contribution in [0.15, 0.2) is 69.0 Å². The highest BCUT2D eigenvalue weighted by atomic mass is 16.5. The molecule has 0 saturated heterocycles. The molecule has 0 aliphatic carbocycles. The number of aromatic nitrogens is 4. The Bertz CT molecular complexity index is 1700. The number of rotatable bonds is 2. The molecule has 0 N–H and O–H groups in total. The summed E-state index contributed by atoms with van der Waals surface area (Å²) in [5.41, 5.74) is 0.239. The molecule has 0 aliphatic heterocycles. The summed E-state index contributed by atoms with van der Waals surface area (Å²) in [7, 11) is 4.52. The molecule has 0 atom stereocenters. The number of ether oxygens (including phenoxy) is 1. The van der Waals surface area contributed by atoms with Gasteiger partial charge >= 0.3 is 5.69 Å². The quantitative estimate of drug-likeness (QED) is 0.326. The molecule has 5 aromatic rings. The zero-order chi connectivity index (χ0) is 21.9. The van der Waals surface area contributed by atoms with E-state index in [1.54, 1.807) is 62.7 Å². The number of methoxy groups -OCH3 is 1. The fourth-order valence-electron chi connectivity index (χ4n) is 3.97. The molecular weight excluding hydrogens is 396 g/mol. The maximum atomic E-state index is 13.7. The number of para-hydroxylation sites is 1. The molecule has 0 fully saturated rings. The number of aryl methyl sites for hydroxylation is 1. The van der Waals surface area contributed by atoms with Crippen LogP contribution < -0.4 is 21.5 Å². The van der Waals surface area contributed by atoms with Gasteiger partial charge in [-0.25, -0.2) is 9.78 Å². The van der Waals surface area contributed by atoms with Gasteiger partial charge in [0.05, 0.1) is 29.2 Å². The first-order valence-corrected chi connectivity index (χ1v) is 9.61. The van der Waals surface area contributed by atoms with Gasteiger partial charge in [0, 0.05) is 19.5 Å². The van der Waals surface area contributed by atoms with Crippen molar-refractivity contribution >= 4 is 32.8 Å². The zero-order valence-electron chi connectivity index (χ0n) is 17.1. The molecular formula is C23H18N4O4. The maximum Gasteiger partial charge on any atom is 0.332 e. The Kier molecular flexibility index (Phi) is 4.04. The van der Waals surface area contributed by atoms with Crippen molar-refractivity contribution < 1.29 is 4.74 Å². The predicted octanol–water partition coefficient (Wildman–Crippen LogP) is 2.10. The van der Waals surface area contributed by atoms with E-state index in [1.165, 1.54) is 16.2 Å². The van der Waals surface area contributed by atoms with Gasteiger partial charge in [-0.3, -0.25) is 23.3 Å². The smallest absolute Gasteiger partial charge is 0.332 e. The first-order chi connectivity index (χ1) is 14.9. The van der Waals surface area contributed by atoms with Crippen LogP contribution >= 0.6 is 0 Å². The number of pyridine rings is 2. The number of nitrogens with zero attached hydrogens (tertiary/aromatic N) is 4. The minimum atomic E-state index is -0.522. The Morgan fingerprint density at radius 3 is 2.32 bits per heavy atom. The molecule has 0 radical (unpaired) electrons. The van der Waals surface area contributed by atoms with E-state index in [2.05, 4.69) is 4.98 Å². The second-order valence-corrected chi connectivity index (χ2v) is 7.32. The van der Waals surface area contributed by atoms with Gasteiger partial charge in [-0.05, 0) is 36.4 Å². The third-order valence-electron chi connectivity index (χ3n) is 5.55. The lowest BCUT2D eigenvalue weighted by molar-refractivity contribution is 0.415. The molecule has 0 spiro atoms. The van der Waals surface area contributed by atoms with Gasteiger partial charge in [-0.15, -0.1) is 0 Å².